The molecule has 0 radical (unpaired) electrons. The second kappa shape index (κ2) is 12.6. The minimum Gasteiger partial charge on any atom is -0.312 e. The van der Waals surface area contributed by atoms with Gasteiger partial charge < -0.3 is 4.84 Å². The first-order chi connectivity index (χ1) is 15.7. The molecule has 5 heteroatoms. The lowest BCUT2D eigenvalue weighted by molar-refractivity contribution is -0.105. The van der Waals surface area contributed by atoms with Gasteiger partial charge in [0.25, 0.3) is 0 Å². The van der Waals surface area contributed by atoms with Gasteiger partial charge in [0.05, 0.1) is 5.56 Å². The van der Waals surface area contributed by atoms with Crippen LogP contribution in [0.2, 0.25) is 0 Å². The van der Waals surface area contributed by atoms with Crippen LogP contribution in [0.1, 0.15) is 49.4 Å². The van der Waals surface area contributed by atoms with Gasteiger partial charge in [0.1, 0.15) is 5.71 Å². The maximum atomic E-state index is 12.9. The molecule has 0 fully saturated rings. The number of hydrogen-bond acceptors (Lipinski definition) is 5. The zero-order valence-electron chi connectivity index (χ0n) is 18.2. The number of benzene rings is 3. The van der Waals surface area contributed by atoms with Gasteiger partial charge in [-0.3, -0.25) is 4.79 Å². The van der Waals surface area contributed by atoms with E-state index in [-0.39, 0.29) is 10.8 Å². The molecule has 0 N–H and O–H groups in total. The zero-order chi connectivity index (χ0) is 22.6. The predicted molar refractivity (Wildman–Crippen MR) is 131 cm³/mol. The molecule has 0 atom stereocenters. The summed E-state index contributed by atoms with van der Waals surface area (Å²) in [5, 5.41) is 3.76. The van der Waals surface area contributed by atoms with E-state index in [0.29, 0.717) is 12.0 Å². The number of carbonyl (C=O) groups excluding carboxylic acids is 2. The molecule has 0 spiro atoms. The lowest BCUT2D eigenvalue weighted by Gasteiger charge is -2.07. The second-order valence-corrected chi connectivity index (χ2v) is 8.42. The van der Waals surface area contributed by atoms with Gasteiger partial charge in [0.15, 0.2) is 0 Å². The van der Waals surface area contributed by atoms with E-state index in [9.17, 15) is 9.59 Å². The highest BCUT2D eigenvalue weighted by molar-refractivity contribution is 8.15. The highest BCUT2D eigenvalue weighted by Crippen LogP contribution is 2.25. The fourth-order valence-corrected chi connectivity index (χ4v) is 3.88. The molecule has 3 aromatic carbocycles. The lowest BCUT2D eigenvalue weighted by atomic mass is 10.1. The van der Waals surface area contributed by atoms with Crippen LogP contribution in [0.25, 0.3) is 11.1 Å². The Hall–Kier alpha value is -3.18. The summed E-state index contributed by atoms with van der Waals surface area (Å²) in [7, 11) is 0. The molecular weight excluding hydrogens is 418 g/mol. The van der Waals surface area contributed by atoms with Gasteiger partial charge in [0.2, 0.25) is 5.12 Å². The standard InChI is InChI=1S/C27H27NO3S/c1-2-3-4-11-16-25(28-31-26(29)23-14-9-6-10-15-23)27(30)32-24-19-17-22(18-20-24)21-12-7-5-8-13-21/h5-10,12-15,17-20H,2-4,11,16H2,1H3. The maximum absolute atomic E-state index is 12.9. The molecule has 0 unspecified atom stereocenters. The van der Waals surface area contributed by atoms with E-state index in [0.717, 1.165) is 53.5 Å². The molecule has 0 bridgehead atoms. The summed E-state index contributed by atoms with van der Waals surface area (Å²) in [6.07, 6.45) is 4.52. The van der Waals surface area contributed by atoms with Crippen molar-refractivity contribution >= 4 is 28.6 Å². The van der Waals surface area contributed by atoms with Crippen molar-refractivity contribution in [2.75, 3.05) is 0 Å². The minimum absolute atomic E-state index is 0.199. The Morgan fingerprint density at radius 2 is 1.41 bits per heavy atom. The van der Waals surface area contributed by atoms with Crippen LogP contribution in [0.4, 0.5) is 0 Å². The molecule has 0 saturated carbocycles. The van der Waals surface area contributed by atoms with E-state index in [1.54, 1.807) is 24.3 Å². The molecule has 0 aromatic heterocycles. The maximum Gasteiger partial charge on any atom is 0.365 e. The van der Waals surface area contributed by atoms with Crippen molar-refractivity contribution in [3.63, 3.8) is 0 Å². The smallest absolute Gasteiger partial charge is 0.312 e. The first-order valence-electron chi connectivity index (χ1n) is 10.9. The first kappa shape index (κ1) is 23.5. The highest BCUT2D eigenvalue weighted by atomic mass is 32.2. The molecule has 0 heterocycles. The Labute approximate surface area is 193 Å². The zero-order valence-corrected chi connectivity index (χ0v) is 19.0. The fourth-order valence-electron chi connectivity index (χ4n) is 3.14. The van der Waals surface area contributed by atoms with Crippen LogP contribution in [-0.4, -0.2) is 16.8 Å². The summed E-state index contributed by atoms with van der Waals surface area (Å²) in [6.45, 7) is 2.14. The van der Waals surface area contributed by atoms with Gasteiger partial charge in [0, 0.05) is 4.90 Å². The van der Waals surface area contributed by atoms with Crippen molar-refractivity contribution in [3.8, 4) is 11.1 Å². The number of rotatable bonds is 10. The molecule has 0 amide bonds. The molecule has 4 nitrogen and oxygen atoms in total. The van der Waals surface area contributed by atoms with Crippen LogP contribution in [0.3, 0.4) is 0 Å². The molecular formula is C27H27NO3S. The van der Waals surface area contributed by atoms with Gasteiger partial charge in [-0.2, -0.15) is 0 Å². The molecule has 0 aliphatic rings. The van der Waals surface area contributed by atoms with Crippen molar-refractivity contribution in [2.24, 2.45) is 5.16 Å². The van der Waals surface area contributed by atoms with E-state index < -0.39 is 5.97 Å². The third kappa shape index (κ3) is 7.20. The van der Waals surface area contributed by atoms with E-state index in [1.165, 1.54) is 0 Å². The van der Waals surface area contributed by atoms with E-state index in [1.807, 2.05) is 48.5 Å². The van der Waals surface area contributed by atoms with Crippen LogP contribution in [-0.2, 0) is 9.63 Å². The molecule has 0 saturated heterocycles. The van der Waals surface area contributed by atoms with Crippen LogP contribution < -0.4 is 0 Å². The van der Waals surface area contributed by atoms with Crippen LogP contribution in [0.5, 0.6) is 0 Å². The van der Waals surface area contributed by atoms with Crippen molar-refractivity contribution in [1.82, 2.24) is 0 Å². The number of nitrogens with zero attached hydrogens (tertiary/aromatic N) is 1. The highest BCUT2D eigenvalue weighted by Gasteiger charge is 2.16. The largest absolute Gasteiger partial charge is 0.365 e. The summed E-state index contributed by atoms with van der Waals surface area (Å²) in [5.41, 5.74) is 2.90. The summed E-state index contributed by atoms with van der Waals surface area (Å²) in [5.74, 6) is -0.568. The number of unbranched alkanes of at least 4 members (excludes halogenated alkanes) is 3. The van der Waals surface area contributed by atoms with Gasteiger partial charge in [-0.25, -0.2) is 4.79 Å². The van der Waals surface area contributed by atoms with E-state index in [4.69, 9.17) is 4.84 Å². The Morgan fingerprint density at radius 3 is 2.06 bits per heavy atom. The SMILES string of the molecule is CCCCCCC(=NOC(=O)c1ccccc1)C(=O)Sc1ccc(-c2ccccc2)cc1. The van der Waals surface area contributed by atoms with Crippen molar-refractivity contribution in [1.29, 1.82) is 0 Å². The number of oxime groups is 1. The van der Waals surface area contributed by atoms with Crippen LogP contribution in [0.15, 0.2) is 95.0 Å². The number of carbonyl (C=O) groups is 2. The van der Waals surface area contributed by atoms with Crippen molar-refractivity contribution in [2.45, 2.75) is 43.9 Å². The van der Waals surface area contributed by atoms with Gasteiger partial charge in [-0.1, -0.05) is 92.0 Å². The Kier molecular flexibility index (Phi) is 9.26. The average molecular weight is 446 g/mol. The molecule has 3 rings (SSSR count). The van der Waals surface area contributed by atoms with Gasteiger partial charge in [-0.05, 0) is 60.0 Å². The average Bonchev–Trinajstić information content (AvgIpc) is 2.85. The third-order valence-electron chi connectivity index (χ3n) is 4.92. The summed E-state index contributed by atoms with van der Waals surface area (Å²) >= 11 is 1.11. The first-order valence-corrected chi connectivity index (χ1v) is 11.7. The topological polar surface area (TPSA) is 55.7 Å². The second-order valence-electron chi connectivity index (χ2n) is 7.37. The van der Waals surface area contributed by atoms with Crippen molar-refractivity contribution < 1.29 is 14.4 Å². The van der Waals surface area contributed by atoms with Gasteiger partial charge >= 0.3 is 5.97 Å². The normalized spacial score (nSPS) is 11.2. The van der Waals surface area contributed by atoms with Gasteiger partial charge in [-0.15, -0.1) is 0 Å². The number of hydrogen-bond donors (Lipinski definition) is 0. The Bertz CT molecular complexity index is 1030. The predicted octanol–water partition coefficient (Wildman–Crippen LogP) is 7.16. The molecule has 3 aromatic rings. The minimum atomic E-state index is -0.568. The molecule has 164 valence electrons. The Morgan fingerprint density at radius 1 is 0.781 bits per heavy atom. The molecule has 0 aliphatic carbocycles. The lowest BCUT2D eigenvalue weighted by Crippen LogP contribution is -2.13. The molecule has 0 aliphatic heterocycles. The summed E-state index contributed by atoms with van der Waals surface area (Å²) < 4.78 is 0. The monoisotopic (exact) mass is 445 g/mol. The fraction of sp³-hybridized carbons (Fsp3) is 0.222. The summed E-state index contributed by atoms with van der Waals surface area (Å²) in [6, 6.07) is 26.6. The van der Waals surface area contributed by atoms with Crippen LogP contribution >= 0.6 is 11.8 Å². The van der Waals surface area contributed by atoms with E-state index in [2.05, 4.69) is 24.2 Å². The van der Waals surface area contributed by atoms with Crippen molar-refractivity contribution in [3.05, 3.63) is 90.5 Å². The van der Waals surface area contributed by atoms with E-state index >= 15 is 0 Å². The summed E-state index contributed by atoms with van der Waals surface area (Å²) in [4.78, 5) is 31.1. The Balaban J connectivity index is 1.67. The third-order valence-corrected chi connectivity index (χ3v) is 5.85. The quantitative estimate of drug-likeness (QED) is 0.109. The van der Waals surface area contributed by atoms with Crippen LogP contribution in [0, 0.1) is 0 Å². The number of thioether (sulfide) groups is 1. The molecule has 32 heavy (non-hydrogen) atoms.